The van der Waals surface area contributed by atoms with Crippen LogP contribution in [-0.2, 0) is 14.2 Å². The van der Waals surface area contributed by atoms with Crippen molar-refractivity contribution < 1.29 is 18.1 Å². The third kappa shape index (κ3) is 14.2. The second-order valence-corrected chi connectivity index (χ2v) is 6.89. The number of methoxy groups -OCH3 is 1. The van der Waals surface area contributed by atoms with Gasteiger partial charge in [0, 0.05) is 19.5 Å². The van der Waals surface area contributed by atoms with E-state index in [1.165, 1.54) is 0 Å². The van der Waals surface area contributed by atoms with Gasteiger partial charge in [0.25, 0.3) is 0 Å². The minimum absolute atomic E-state index is 0.575. The Bertz CT molecular complexity index is 139. The van der Waals surface area contributed by atoms with E-state index >= 15 is 0 Å². The SMILES string of the molecule is COCCOCCOCCCS(C)(C)F. The van der Waals surface area contributed by atoms with Gasteiger partial charge in [-0.3, -0.25) is 0 Å². The van der Waals surface area contributed by atoms with Gasteiger partial charge in [0.1, 0.15) is 0 Å². The molecule has 94 valence electrons. The molecule has 3 nitrogen and oxygen atoms in total. The maximum Gasteiger partial charge on any atom is 0.0701 e. The van der Waals surface area contributed by atoms with E-state index in [1.54, 1.807) is 19.6 Å². The first-order chi connectivity index (χ1) is 7.06. The summed E-state index contributed by atoms with van der Waals surface area (Å²) < 4.78 is 28.4. The minimum Gasteiger partial charge on any atom is -0.382 e. The first kappa shape index (κ1) is 15.2. The molecule has 0 saturated carbocycles. The van der Waals surface area contributed by atoms with Crippen LogP contribution in [0.1, 0.15) is 6.42 Å². The molecule has 15 heavy (non-hydrogen) atoms. The van der Waals surface area contributed by atoms with Crippen LogP contribution < -0.4 is 0 Å². The molecule has 0 aliphatic rings. The van der Waals surface area contributed by atoms with Crippen molar-refractivity contribution in [1.29, 1.82) is 0 Å². The summed E-state index contributed by atoms with van der Waals surface area (Å²) >= 11 is 0. The molecule has 0 heterocycles. The maximum absolute atomic E-state index is 13.1. The predicted molar refractivity (Wildman–Crippen MR) is 63.5 cm³/mol. The molecule has 0 aromatic heterocycles. The molecular formula is C10H23FO3S. The van der Waals surface area contributed by atoms with Crippen molar-refractivity contribution >= 4 is 10.4 Å². The van der Waals surface area contributed by atoms with Crippen LogP contribution in [0, 0.1) is 0 Å². The lowest BCUT2D eigenvalue weighted by molar-refractivity contribution is 0.0251. The second-order valence-electron chi connectivity index (χ2n) is 3.68. The Balaban J connectivity index is 2.99. The fourth-order valence-electron chi connectivity index (χ4n) is 0.968. The summed E-state index contributed by atoms with van der Waals surface area (Å²) in [7, 11) is -0.217. The fraction of sp³-hybridized carbons (Fsp3) is 1.00. The van der Waals surface area contributed by atoms with Crippen molar-refractivity contribution in [2.45, 2.75) is 6.42 Å². The molecule has 0 fully saturated rings. The van der Waals surface area contributed by atoms with Crippen molar-refractivity contribution in [3.63, 3.8) is 0 Å². The highest BCUT2D eigenvalue weighted by molar-refractivity contribution is 8.28. The Morgan fingerprint density at radius 1 is 0.933 bits per heavy atom. The fourth-order valence-corrected chi connectivity index (χ4v) is 1.77. The van der Waals surface area contributed by atoms with Crippen molar-refractivity contribution in [1.82, 2.24) is 0 Å². The normalized spacial score (nSPS) is 13.1. The van der Waals surface area contributed by atoms with Gasteiger partial charge >= 0.3 is 0 Å². The lowest BCUT2D eigenvalue weighted by atomic mass is 10.5. The Hall–Kier alpha value is 0.160. The van der Waals surface area contributed by atoms with Gasteiger partial charge in [0.15, 0.2) is 0 Å². The van der Waals surface area contributed by atoms with Crippen LogP contribution in [0.25, 0.3) is 0 Å². The molecule has 5 heteroatoms. The zero-order valence-corrected chi connectivity index (χ0v) is 10.8. The molecule has 0 unspecified atom stereocenters. The van der Waals surface area contributed by atoms with E-state index in [9.17, 15) is 3.89 Å². The molecule has 0 N–H and O–H groups in total. The van der Waals surface area contributed by atoms with E-state index < -0.39 is 10.4 Å². The van der Waals surface area contributed by atoms with E-state index in [1.807, 2.05) is 0 Å². The standard InChI is InChI=1S/C10H23FO3S/c1-12-6-7-14-9-8-13-5-4-10-15(2,3)11/h4-10H2,1-3H3. The Labute approximate surface area is 93.9 Å². The number of halogens is 1. The number of rotatable bonds is 10. The summed E-state index contributed by atoms with van der Waals surface area (Å²) in [5, 5.41) is 0. The van der Waals surface area contributed by atoms with Crippen molar-refractivity contribution in [2.24, 2.45) is 0 Å². The third-order valence-electron chi connectivity index (χ3n) is 1.72. The van der Waals surface area contributed by atoms with E-state index in [4.69, 9.17) is 14.2 Å². The Kier molecular flexibility index (Phi) is 9.49. The quantitative estimate of drug-likeness (QED) is 0.548. The van der Waals surface area contributed by atoms with Crippen LogP contribution in [0.4, 0.5) is 3.89 Å². The highest BCUT2D eigenvalue weighted by Gasteiger charge is 2.07. The molecule has 0 aliphatic carbocycles. The lowest BCUT2D eigenvalue weighted by Crippen LogP contribution is -2.09. The summed E-state index contributed by atoms with van der Waals surface area (Å²) in [5.41, 5.74) is 0. The zero-order valence-electron chi connectivity index (χ0n) is 9.96. The van der Waals surface area contributed by atoms with Gasteiger partial charge in [-0.2, -0.15) is 3.89 Å². The second kappa shape index (κ2) is 9.39. The summed E-state index contributed by atoms with van der Waals surface area (Å²) in [6, 6.07) is 0. The topological polar surface area (TPSA) is 27.7 Å². The lowest BCUT2D eigenvalue weighted by Gasteiger charge is -2.18. The first-order valence-corrected chi connectivity index (χ1v) is 7.63. The summed E-state index contributed by atoms with van der Waals surface area (Å²) in [4.78, 5) is 0. The molecule has 0 spiro atoms. The van der Waals surface area contributed by atoms with Gasteiger partial charge in [0.05, 0.1) is 26.4 Å². The molecule has 0 rings (SSSR count). The Morgan fingerprint density at radius 2 is 1.47 bits per heavy atom. The summed E-state index contributed by atoms with van der Waals surface area (Å²) in [6.45, 7) is 2.98. The first-order valence-electron chi connectivity index (χ1n) is 5.11. The highest BCUT2D eigenvalue weighted by Crippen LogP contribution is 2.41. The van der Waals surface area contributed by atoms with Crippen LogP contribution >= 0.6 is 10.4 Å². The molecular weight excluding hydrogens is 219 g/mol. The summed E-state index contributed by atoms with van der Waals surface area (Å²) in [5.74, 6) is 0.623. The molecule has 0 aliphatic heterocycles. The van der Waals surface area contributed by atoms with Crippen molar-refractivity contribution in [2.75, 3.05) is 58.4 Å². The maximum atomic E-state index is 13.1. The van der Waals surface area contributed by atoms with Gasteiger partial charge in [-0.25, -0.2) is 0 Å². The predicted octanol–water partition coefficient (Wildman–Crippen LogP) is 2.00. The average Bonchev–Trinajstić information content (AvgIpc) is 2.14. The Morgan fingerprint density at radius 3 is 2.00 bits per heavy atom. The molecule has 0 atom stereocenters. The van der Waals surface area contributed by atoms with Crippen LogP contribution in [-0.4, -0.2) is 58.4 Å². The van der Waals surface area contributed by atoms with E-state index in [0.29, 0.717) is 38.8 Å². The number of hydrogen-bond donors (Lipinski definition) is 0. The molecule has 0 aromatic carbocycles. The number of hydrogen-bond acceptors (Lipinski definition) is 3. The molecule has 0 amide bonds. The molecule has 0 bridgehead atoms. The molecule has 0 saturated heterocycles. The zero-order chi connectivity index (χ0) is 11.6. The highest BCUT2D eigenvalue weighted by atomic mass is 32.3. The monoisotopic (exact) mass is 242 g/mol. The van der Waals surface area contributed by atoms with Gasteiger partial charge < -0.3 is 14.2 Å². The van der Waals surface area contributed by atoms with Gasteiger partial charge in [-0.05, 0) is 18.9 Å². The van der Waals surface area contributed by atoms with Crippen molar-refractivity contribution in [3.8, 4) is 0 Å². The summed E-state index contributed by atoms with van der Waals surface area (Å²) in [6.07, 6.45) is 4.12. The average molecular weight is 242 g/mol. The molecule has 0 aromatic rings. The third-order valence-corrected chi connectivity index (χ3v) is 2.98. The van der Waals surface area contributed by atoms with Crippen LogP contribution in [0.15, 0.2) is 0 Å². The van der Waals surface area contributed by atoms with E-state index in [-0.39, 0.29) is 0 Å². The largest absolute Gasteiger partial charge is 0.382 e. The minimum atomic E-state index is -1.86. The van der Waals surface area contributed by atoms with Gasteiger partial charge in [-0.1, -0.05) is 10.4 Å². The molecule has 0 radical (unpaired) electrons. The van der Waals surface area contributed by atoms with Gasteiger partial charge in [-0.15, -0.1) is 0 Å². The number of ether oxygens (including phenoxy) is 3. The van der Waals surface area contributed by atoms with Crippen LogP contribution in [0.5, 0.6) is 0 Å². The van der Waals surface area contributed by atoms with Gasteiger partial charge in [0.2, 0.25) is 0 Å². The van der Waals surface area contributed by atoms with Crippen molar-refractivity contribution in [3.05, 3.63) is 0 Å². The van der Waals surface area contributed by atoms with E-state index in [0.717, 1.165) is 6.42 Å². The van der Waals surface area contributed by atoms with Crippen LogP contribution in [0.3, 0.4) is 0 Å². The van der Waals surface area contributed by atoms with Crippen LogP contribution in [0.2, 0.25) is 0 Å². The smallest absolute Gasteiger partial charge is 0.0701 e. The van der Waals surface area contributed by atoms with E-state index in [2.05, 4.69) is 0 Å².